The van der Waals surface area contributed by atoms with Gasteiger partial charge in [0, 0.05) is 30.6 Å². The lowest BCUT2D eigenvalue weighted by Gasteiger charge is -2.37. The van der Waals surface area contributed by atoms with E-state index in [0.717, 1.165) is 48.3 Å². The van der Waals surface area contributed by atoms with Gasteiger partial charge in [0.1, 0.15) is 0 Å². The molecule has 2 rings (SSSR count). The van der Waals surface area contributed by atoms with E-state index in [-0.39, 0.29) is 11.4 Å². The highest BCUT2D eigenvalue weighted by Gasteiger charge is 2.33. The van der Waals surface area contributed by atoms with Gasteiger partial charge in [0.05, 0.1) is 17.1 Å². The fraction of sp³-hybridized carbons (Fsp3) is 0.680. The number of carbonyl (C=O) groups excluding carboxylic acids is 2. The molecule has 1 unspecified atom stereocenters. The number of nitrogens with zero attached hydrogens (tertiary/aromatic N) is 1. The highest BCUT2D eigenvalue weighted by Crippen LogP contribution is 2.43. The summed E-state index contributed by atoms with van der Waals surface area (Å²) >= 11 is 0. The molecule has 1 aliphatic rings. The molecule has 1 aromatic rings. The number of hydrogen-bond acceptors (Lipinski definition) is 4. The van der Waals surface area contributed by atoms with Crippen LogP contribution in [0.3, 0.4) is 0 Å². The third-order valence-electron chi connectivity index (χ3n) is 6.57. The van der Waals surface area contributed by atoms with Gasteiger partial charge in [0.25, 0.3) is 0 Å². The third kappa shape index (κ3) is 5.72. The Morgan fingerprint density at radius 2 is 1.94 bits per heavy atom. The molecule has 0 spiro atoms. The first-order valence-corrected chi connectivity index (χ1v) is 12.0. The van der Waals surface area contributed by atoms with Crippen molar-refractivity contribution in [1.82, 2.24) is 0 Å². The summed E-state index contributed by atoms with van der Waals surface area (Å²) in [7, 11) is 0. The molecule has 2 amide bonds. The van der Waals surface area contributed by atoms with Gasteiger partial charge in [-0.1, -0.05) is 40.0 Å². The Labute approximate surface area is 188 Å². The van der Waals surface area contributed by atoms with E-state index < -0.39 is 5.91 Å². The smallest absolute Gasteiger partial charge is 0.249 e. The van der Waals surface area contributed by atoms with Crippen LogP contribution in [-0.4, -0.2) is 30.4 Å². The normalized spacial score (nSPS) is 15.3. The molecule has 4 N–H and O–H groups in total. The van der Waals surface area contributed by atoms with E-state index in [2.05, 4.69) is 45.3 Å². The molecule has 0 aliphatic carbocycles. The van der Waals surface area contributed by atoms with Crippen LogP contribution in [-0.2, 0) is 11.2 Å². The monoisotopic (exact) mass is 430 g/mol. The number of rotatable bonds is 12. The predicted molar refractivity (Wildman–Crippen MR) is 131 cm³/mol. The molecule has 174 valence electrons. The SMILES string of the molecule is CCCCC(C)C(C)(C)Nc1c(N2CCCC2=O)cc(C(N)=O)c(CCC)c1NCC. The molecular weight excluding hydrogens is 388 g/mol. The van der Waals surface area contributed by atoms with E-state index >= 15 is 0 Å². The standard InChI is InChI=1S/C25H42N4O2/c1-7-10-13-17(4)25(5,6)28-23-20(29-15-11-14-21(29)30)16-19(24(26)31)18(12-8-2)22(23)27-9-3/h16-17,27-28H,7-15H2,1-6H3,(H2,26,31). The van der Waals surface area contributed by atoms with Crippen molar-refractivity contribution in [2.45, 2.75) is 92.0 Å². The Morgan fingerprint density at radius 1 is 1.23 bits per heavy atom. The molecule has 1 atom stereocenters. The highest BCUT2D eigenvalue weighted by atomic mass is 16.2. The van der Waals surface area contributed by atoms with Gasteiger partial charge < -0.3 is 21.3 Å². The zero-order valence-corrected chi connectivity index (χ0v) is 20.4. The van der Waals surface area contributed by atoms with Crippen LogP contribution in [0.25, 0.3) is 0 Å². The van der Waals surface area contributed by atoms with Crippen LogP contribution in [0, 0.1) is 5.92 Å². The molecule has 6 nitrogen and oxygen atoms in total. The third-order valence-corrected chi connectivity index (χ3v) is 6.57. The first kappa shape index (κ1) is 25.0. The van der Waals surface area contributed by atoms with E-state index in [9.17, 15) is 9.59 Å². The maximum atomic E-state index is 12.7. The van der Waals surface area contributed by atoms with Gasteiger partial charge in [-0.15, -0.1) is 0 Å². The lowest BCUT2D eigenvalue weighted by molar-refractivity contribution is -0.117. The zero-order chi connectivity index (χ0) is 23.2. The van der Waals surface area contributed by atoms with Crippen molar-refractivity contribution in [1.29, 1.82) is 0 Å². The van der Waals surface area contributed by atoms with E-state index in [4.69, 9.17) is 5.73 Å². The summed E-state index contributed by atoms with van der Waals surface area (Å²) in [6.45, 7) is 14.5. The number of benzene rings is 1. The lowest BCUT2D eigenvalue weighted by Crippen LogP contribution is -2.39. The van der Waals surface area contributed by atoms with Crippen LogP contribution in [0.4, 0.5) is 17.1 Å². The summed E-state index contributed by atoms with van der Waals surface area (Å²) in [5.41, 5.74) is 9.65. The fourth-order valence-corrected chi connectivity index (χ4v) is 4.37. The minimum Gasteiger partial charge on any atom is -0.383 e. The van der Waals surface area contributed by atoms with Gasteiger partial charge in [-0.05, 0) is 57.6 Å². The van der Waals surface area contributed by atoms with Crippen LogP contribution >= 0.6 is 0 Å². The number of anilines is 3. The van der Waals surface area contributed by atoms with Crippen molar-refractivity contribution in [2.24, 2.45) is 11.7 Å². The van der Waals surface area contributed by atoms with E-state index in [1.165, 1.54) is 12.8 Å². The summed E-state index contributed by atoms with van der Waals surface area (Å²) in [5.74, 6) is 0.0909. The lowest BCUT2D eigenvalue weighted by atomic mass is 9.84. The number of hydrogen-bond donors (Lipinski definition) is 3. The second-order valence-electron chi connectivity index (χ2n) is 9.36. The van der Waals surface area contributed by atoms with Crippen molar-refractivity contribution in [2.75, 3.05) is 28.6 Å². The Hall–Kier alpha value is -2.24. The van der Waals surface area contributed by atoms with Crippen molar-refractivity contribution >= 4 is 28.9 Å². The maximum absolute atomic E-state index is 12.7. The molecule has 1 aromatic carbocycles. The number of unbranched alkanes of at least 4 members (excludes halogenated alkanes) is 1. The Morgan fingerprint density at radius 3 is 2.45 bits per heavy atom. The molecule has 0 radical (unpaired) electrons. The number of amides is 2. The van der Waals surface area contributed by atoms with Gasteiger partial charge >= 0.3 is 0 Å². The van der Waals surface area contributed by atoms with Crippen LogP contribution in [0.15, 0.2) is 6.07 Å². The molecule has 0 bridgehead atoms. The molecule has 6 heteroatoms. The summed E-state index contributed by atoms with van der Waals surface area (Å²) in [6, 6.07) is 1.84. The van der Waals surface area contributed by atoms with E-state index in [0.29, 0.717) is 31.0 Å². The van der Waals surface area contributed by atoms with Crippen molar-refractivity contribution < 1.29 is 9.59 Å². The van der Waals surface area contributed by atoms with Crippen LogP contribution < -0.4 is 21.3 Å². The second kappa shape index (κ2) is 10.9. The quantitative estimate of drug-likeness (QED) is 0.419. The molecule has 1 fully saturated rings. The average Bonchev–Trinajstić information content (AvgIpc) is 3.14. The zero-order valence-electron chi connectivity index (χ0n) is 20.4. The van der Waals surface area contributed by atoms with E-state index in [1.54, 1.807) is 0 Å². The summed E-state index contributed by atoms with van der Waals surface area (Å²) in [4.78, 5) is 26.9. The Bertz CT molecular complexity index is 788. The summed E-state index contributed by atoms with van der Waals surface area (Å²) < 4.78 is 0. The van der Waals surface area contributed by atoms with Crippen LogP contribution in [0.2, 0.25) is 0 Å². The first-order valence-electron chi connectivity index (χ1n) is 12.0. The molecule has 1 saturated heterocycles. The molecule has 1 aliphatic heterocycles. The summed E-state index contributed by atoms with van der Waals surface area (Å²) in [6.07, 6.45) is 6.50. The van der Waals surface area contributed by atoms with Crippen LogP contribution in [0.5, 0.6) is 0 Å². The Balaban J connectivity index is 2.70. The van der Waals surface area contributed by atoms with Crippen molar-refractivity contribution in [3.8, 4) is 0 Å². The average molecular weight is 431 g/mol. The van der Waals surface area contributed by atoms with Gasteiger partial charge in [0.2, 0.25) is 11.8 Å². The van der Waals surface area contributed by atoms with Gasteiger partial charge in [-0.3, -0.25) is 9.59 Å². The fourth-order valence-electron chi connectivity index (χ4n) is 4.37. The van der Waals surface area contributed by atoms with Gasteiger partial charge in [0.15, 0.2) is 0 Å². The highest BCUT2D eigenvalue weighted by molar-refractivity contribution is 6.06. The number of carbonyl (C=O) groups is 2. The first-order chi connectivity index (χ1) is 14.7. The van der Waals surface area contributed by atoms with Gasteiger partial charge in [-0.25, -0.2) is 0 Å². The van der Waals surface area contributed by atoms with Crippen LogP contribution in [0.1, 0.15) is 96.0 Å². The predicted octanol–water partition coefficient (Wildman–Crippen LogP) is 5.31. The maximum Gasteiger partial charge on any atom is 0.249 e. The minimum atomic E-state index is -0.447. The molecule has 31 heavy (non-hydrogen) atoms. The molecule has 0 saturated carbocycles. The minimum absolute atomic E-state index is 0.0981. The molecular formula is C25H42N4O2. The Kier molecular flexibility index (Phi) is 8.78. The second-order valence-corrected chi connectivity index (χ2v) is 9.36. The number of nitrogens with two attached hydrogens (primary N) is 1. The molecule has 1 heterocycles. The number of primary amides is 1. The van der Waals surface area contributed by atoms with Crippen molar-refractivity contribution in [3.05, 3.63) is 17.2 Å². The number of nitrogens with one attached hydrogen (secondary N) is 2. The van der Waals surface area contributed by atoms with Crippen molar-refractivity contribution in [3.63, 3.8) is 0 Å². The topological polar surface area (TPSA) is 87.5 Å². The largest absolute Gasteiger partial charge is 0.383 e. The summed E-state index contributed by atoms with van der Waals surface area (Å²) in [5, 5.41) is 7.30. The van der Waals surface area contributed by atoms with E-state index in [1.807, 2.05) is 17.9 Å². The van der Waals surface area contributed by atoms with Gasteiger partial charge in [-0.2, -0.15) is 0 Å². The molecule has 0 aromatic heterocycles.